The molecule has 0 aliphatic carbocycles. The van der Waals surface area contributed by atoms with Gasteiger partial charge in [0, 0.05) is 61.8 Å². The average molecular weight is 535 g/mol. The summed E-state index contributed by atoms with van der Waals surface area (Å²) in [5.74, 6) is -1.13. The van der Waals surface area contributed by atoms with Crippen molar-refractivity contribution in [1.29, 1.82) is 0 Å². The van der Waals surface area contributed by atoms with Crippen LogP contribution in [0.2, 0.25) is 0 Å². The number of likely N-dealkylation sites (tertiary alicyclic amines) is 1. The fraction of sp³-hybridized carbons (Fsp3) is 0.407. The number of rotatable bonds is 5. The first kappa shape index (κ1) is 27.4. The molecule has 0 radical (unpaired) electrons. The molecule has 2 aromatic rings. The molecule has 0 bridgehead atoms. The molecule has 38 heavy (non-hydrogen) atoms. The smallest absolute Gasteiger partial charge is 0.398 e. The highest BCUT2D eigenvalue weighted by Gasteiger charge is 2.37. The minimum atomic E-state index is -4.53. The lowest BCUT2D eigenvalue weighted by molar-refractivity contribution is -0.137. The van der Waals surface area contributed by atoms with Crippen molar-refractivity contribution in [3.05, 3.63) is 77.8 Å². The molecule has 0 unspecified atom stereocenters. The molecule has 2 fully saturated rings. The molecule has 2 saturated heterocycles. The van der Waals surface area contributed by atoms with Crippen molar-refractivity contribution in [3.8, 4) is 0 Å². The number of pyridine rings is 1. The van der Waals surface area contributed by atoms with Crippen LogP contribution in [-0.4, -0.2) is 58.9 Å². The number of hydrogen-bond donors (Lipinski definition) is 1. The van der Waals surface area contributed by atoms with E-state index in [0.29, 0.717) is 18.2 Å². The van der Waals surface area contributed by atoms with E-state index in [9.17, 15) is 22.0 Å². The summed E-state index contributed by atoms with van der Waals surface area (Å²) < 4.78 is 68.1. The third-order valence-corrected chi connectivity index (χ3v) is 6.98. The number of amidine groups is 1. The molecule has 3 heterocycles. The quantitative estimate of drug-likeness (QED) is 0.323. The van der Waals surface area contributed by atoms with Crippen molar-refractivity contribution in [3.63, 3.8) is 0 Å². The minimum absolute atomic E-state index is 0.114. The topological polar surface area (TPSA) is 61.0 Å². The Morgan fingerprint density at radius 1 is 1.08 bits per heavy atom. The Bertz CT molecular complexity index is 1240. The largest absolute Gasteiger partial charge is 0.419 e. The van der Waals surface area contributed by atoms with Crippen LogP contribution in [0.25, 0.3) is 5.70 Å². The summed E-state index contributed by atoms with van der Waals surface area (Å²) in [7, 11) is 0. The van der Waals surface area contributed by atoms with Crippen molar-refractivity contribution in [2.75, 3.05) is 31.1 Å². The predicted octanol–water partition coefficient (Wildman–Crippen LogP) is 5.24. The van der Waals surface area contributed by atoms with E-state index >= 15 is 0 Å². The normalized spacial score (nSPS) is 21.3. The van der Waals surface area contributed by atoms with E-state index in [0.717, 1.165) is 37.6 Å². The van der Waals surface area contributed by atoms with Gasteiger partial charge < -0.3 is 20.4 Å². The molecule has 0 amide bonds. The number of hydrogen-bond acceptors (Lipinski definition) is 5. The van der Waals surface area contributed by atoms with Gasteiger partial charge in [0.2, 0.25) is 0 Å². The number of anilines is 1. The predicted molar refractivity (Wildman–Crippen MR) is 138 cm³/mol. The van der Waals surface area contributed by atoms with Crippen LogP contribution in [0, 0.1) is 11.6 Å². The van der Waals surface area contributed by atoms with Crippen molar-refractivity contribution in [2.24, 2.45) is 10.7 Å². The lowest BCUT2D eigenvalue weighted by Crippen LogP contribution is -2.54. The Kier molecular flexibility index (Phi) is 7.94. The highest BCUT2D eigenvalue weighted by atomic mass is 19.4. The maximum Gasteiger partial charge on any atom is 0.419 e. The number of aliphatic imine (C=N–C) groups is 1. The standard InChI is InChI=1S/C27H31F5N6/c1-17-6-5-11-37(17)19(3)35-25(15-24(33)20-8-9-22(28)23(29)14-20)38-13-12-36(16-18(38)2)26-21(27(30,31)32)7-4-10-34-26/h4,7-10,14-15,17-18H,3,5-6,11-13,16,33H2,1-2H3/b24-15-,35-25+/t17-,18+/m0/s1. The monoisotopic (exact) mass is 534 g/mol. The van der Waals surface area contributed by atoms with Crippen LogP contribution in [0.4, 0.5) is 27.8 Å². The first-order valence-electron chi connectivity index (χ1n) is 12.5. The molecule has 11 heteroatoms. The summed E-state index contributed by atoms with van der Waals surface area (Å²) in [6.07, 6.45) is 0.423. The second-order valence-corrected chi connectivity index (χ2v) is 9.66. The third-order valence-electron chi connectivity index (χ3n) is 6.98. The second-order valence-electron chi connectivity index (χ2n) is 9.66. The van der Waals surface area contributed by atoms with Crippen molar-refractivity contribution < 1.29 is 22.0 Å². The highest BCUT2D eigenvalue weighted by molar-refractivity contribution is 5.99. The lowest BCUT2D eigenvalue weighted by Gasteiger charge is -2.42. The second kappa shape index (κ2) is 11.0. The Morgan fingerprint density at radius 2 is 1.84 bits per heavy atom. The van der Waals surface area contributed by atoms with Crippen LogP contribution in [0.15, 0.2) is 60.0 Å². The summed E-state index contributed by atoms with van der Waals surface area (Å²) in [6.45, 7) is 9.76. The first-order chi connectivity index (χ1) is 18.0. The van der Waals surface area contributed by atoms with E-state index in [-0.39, 0.29) is 42.3 Å². The molecule has 0 spiro atoms. The zero-order valence-corrected chi connectivity index (χ0v) is 21.3. The van der Waals surface area contributed by atoms with Crippen LogP contribution in [0.5, 0.6) is 0 Å². The van der Waals surface area contributed by atoms with Gasteiger partial charge in [0.15, 0.2) is 11.6 Å². The SMILES string of the molecule is C=C(/N=C(\C=C(/N)c1ccc(F)c(F)c1)N1CCN(c2ncccc2C(F)(F)F)C[C@H]1C)N1CCC[C@@H]1C. The van der Waals surface area contributed by atoms with Crippen molar-refractivity contribution in [1.82, 2.24) is 14.8 Å². The molecule has 1 aromatic heterocycles. The van der Waals surface area contributed by atoms with Gasteiger partial charge in [-0.2, -0.15) is 13.2 Å². The molecule has 4 rings (SSSR count). The Hall–Kier alpha value is -3.63. The highest BCUT2D eigenvalue weighted by Crippen LogP contribution is 2.36. The van der Waals surface area contributed by atoms with E-state index in [1.54, 1.807) is 11.0 Å². The molecule has 2 atom stereocenters. The van der Waals surface area contributed by atoms with E-state index in [2.05, 4.69) is 23.4 Å². The van der Waals surface area contributed by atoms with Crippen molar-refractivity contribution >= 4 is 17.4 Å². The van der Waals surface area contributed by atoms with Crippen LogP contribution in [-0.2, 0) is 6.18 Å². The number of nitrogens with two attached hydrogens (primary N) is 1. The maximum atomic E-state index is 13.9. The zero-order valence-electron chi connectivity index (χ0n) is 21.3. The maximum absolute atomic E-state index is 13.9. The van der Waals surface area contributed by atoms with Gasteiger partial charge in [-0.05, 0) is 57.0 Å². The van der Waals surface area contributed by atoms with E-state index in [1.165, 1.54) is 18.3 Å². The van der Waals surface area contributed by atoms with Crippen LogP contribution in [0.1, 0.15) is 37.8 Å². The number of piperazine rings is 1. The van der Waals surface area contributed by atoms with Gasteiger partial charge in [-0.1, -0.05) is 6.58 Å². The summed E-state index contributed by atoms with van der Waals surface area (Å²) in [6, 6.07) is 5.67. The van der Waals surface area contributed by atoms with Gasteiger partial charge in [0.05, 0.1) is 5.56 Å². The van der Waals surface area contributed by atoms with Gasteiger partial charge in [0.1, 0.15) is 17.5 Å². The summed E-state index contributed by atoms with van der Waals surface area (Å²) >= 11 is 0. The van der Waals surface area contributed by atoms with Crippen LogP contribution < -0.4 is 10.6 Å². The molecule has 204 valence electrons. The van der Waals surface area contributed by atoms with E-state index < -0.39 is 23.4 Å². The van der Waals surface area contributed by atoms with Crippen LogP contribution >= 0.6 is 0 Å². The molecule has 2 aliphatic rings. The summed E-state index contributed by atoms with van der Waals surface area (Å²) in [5.41, 5.74) is 5.96. The van der Waals surface area contributed by atoms with Gasteiger partial charge in [0.25, 0.3) is 0 Å². The zero-order chi connectivity index (χ0) is 27.6. The number of halogens is 5. The Morgan fingerprint density at radius 3 is 2.47 bits per heavy atom. The van der Waals surface area contributed by atoms with Gasteiger partial charge in [-0.15, -0.1) is 0 Å². The molecule has 0 saturated carbocycles. The fourth-order valence-electron chi connectivity index (χ4n) is 4.95. The Labute approximate surface area is 218 Å². The molecule has 1 aromatic carbocycles. The number of benzene rings is 1. The molecule has 6 nitrogen and oxygen atoms in total. The third kappa shape index (κ3) is 5.92. The fourth-order valence-corrected chi connectivity index (χ4v) is 4.95. The number of alkyl halides is 3. The van der Waals surface area contributed by atoms with E-state index in [4.69, 9.17) is 10.7 Å². The first-order valence-corrected chi connectivity index (χ1v) is 12.5. The van der Waals surface area contributed by atoms with Crippen LogP contribution in [0.3, 0.4) is 0 Å². The molecular weight excluding hydrogens is 503 g/mol. The van der Waals surface area contributed by atoms with Crippen molar-refractivity contribution in [2.45, 2.75) is 44.9 Å². The van der Waals surface area contributed by atoms with Gasteiger partial charge >= 0.3 is 6.18 Å². The number of nitrogens with zero attached hydrogens (tertiary/aromatic N) is 5. The van der Waals surface area contributed by atoms with Gasteiger partial charge in [-0.3, -0.25) is 0 Å². The number of aromatic nitrogens is 1. The summed E-state index contributed by atoms with van der Waals surface area (Å²) in [5, 5.41) is 0. The average Bonchev–Trinajstić information content (AvgIpc) is 3.30. The molecule has 2 N–H and O–H groups in total. The summed E-state index contributed by atoms with van der Waals surface area (Å²) in [4.78, 5) is 14.4. The molecular formula is C27H31F5N6. The lowest BCUT2D eigenvalue weighted by atomic mass is 10.1. The minimum Gasteiger partial charge on any atom is -0.398 e. The van der Waals surface area contributed by atoms with Gasteiger partial charge in [-0.25, -0.2) is 18.8 Å². The Balaban J connectivity index is 1.65. The van der Waals surface area contributed by atoms with E-state index in [1.807, 2.05) is 11.8 Å². The molecule has 2 aliphatic heterocycles.